The molecule has 2 heterocycles. The van der Waals surface area contributed by atoms with Gasteiger partial charge in [-0.3, -0.25) is 5.32 Å². The SMILES string of the molecule is CCOC(=O)c1cnc(Nc2ccc(C(F)(F)F)cn2)o1. The van der Waals surface area contributed by atoms with E-state index in [4.69, 9.17) is 9.15 Å². The number of anilines is 2. The van der Waals surface area contributed by atoms with Gasteiger partial charge < -0.3 is 9.15 Å². The van der Waals surface area contributed by atoms with Crippen molar-refractivity contribution >= 4 is 17.8 Å². The summed E-state index contributed by atoms with van der Waals surface area (Å²) < 4.78 is 46.8. The highest BCUT2D eigenvalue weighted by Gasteiger charge is 2.30. The van der Waals surface area contributed by atoms with E-state index in [1.165, 1.54) is 0 Å². The van der Waals surface area contributed by atoms with Crippen LogP contribution in [0.1, 0.15) is 23.0 Å². The molecule has 0 saturated carbocycles. The molecule has 0 amide bonds. The second-order valence-corrected chi connectivity index (χ2v) is 3.81. The maximum atomic E-state index is 12.4. The van der Waals surface area contributed by atoms with Crippen LogP contribution in [0.4, 0.5) is 25.0 Å². The zero-order valence-corrected chi connectivity index (χ0v) is 10.8. The Morgan fingerprint density at radius 3 is 2.67 bits per heavy atom. The molecule has 2 aromatic heterocycles. The largest absolute Gasteiger partial charge is 0.460 e. The van der Waals surface area contributed by atoms with Gasteiger partial charge in [0.2, 0.25) is 5.76 Å². The Bertz CT molecular complexity index is 623. The summed E-state index contributed by atoms with van der Waals surface area (Å²) in [6, 6.07) is 1.91. The lowest BCUT2D eigenvalue weighted by Crippen LogP contribution is -2.05. The van der Waals surface area contributed by atoms with Crippen LogP contribution in [0.3, 0.4) is 0 Å². The van der Waals surface area contributed by atoms with Crippen molar-refractivity contribution in [1.29, 1.82) is 0 Å². The highest BCUT2D eigenvalue weighted by molar-refractivity contribution is 5.86. The van der Waals surface area contributed by atoms with Gasteiger partial charge in [0.05, 0.1) is 18.4 Å². The van der Waals surface area contributed by atoms with E-state index >= 15 is 0 Å². The van der Waals surface area contributed by atoms with Gasteiger partial charge in [-0.1, -0.05) is 0 Å². The summed E-state index contributed by atoms with van der Waals surface area (Å²) in [7, 11) is 0. The summed E-state index contributed by atoms with van der Waals surface area (Å²) in [6.07, 6.45) is -2.63. The first-order valence-electron chi connectivity index (χ1n) is 5.83. The van der Waals surface area contributed by atoms with Crippen LogP contribution in [0.5, 0.6) is 0 Å². The molecular weight excluding hydrogens is 291 g/mol. The number of aromatic nitrogens is 2. The molecule has 0 fully saturated rings. The fraction of sp³-hybridized carbons (Fsp3) is 0.250. The molecule has 0 aliphatic heterocycles. The zero-order chi connectivity index (χ0) is 15.5. The Morgan fingerprint density at radius 2 is 2.10 bits per heavy atom. The third kappa shape index (κ3) is 3.71. The molecule has 21 heavy (non-hydrogen) atoms. The Hall–Kier alpha value is -2.58. The van der Waals surface area contributed by atoms with Crippen LogP contribution in [0.25, 0.3) is 0 Å². The molecule has 0 unspecified atom stereocenters. The molecular formula is C12H10F3N3O3. The van der Waals surface area contributed by atoms with E-state index < -0.39 is 17.7 Å². The third-order valence-electron chi connectivity index (χ3n) is 2.31. The molecule has 6 nitrogen and oxygen atoms in total. The molecule has 0 bridgehead atoms. The number of alkyl halides is 3. The van der Waals surface area contributed by atoms with Crippen LogP contribution >= 0.6 is 0 Å². The summed E-state index contributed by atoms with van der Waals surface area (Å²) in [5.41, 5.74) is -0.868. The van der Waals surface area contributed by atoms with E-state index in [1.807, 2.05) is 0 Å². The van der Waals surface area contributed by atoms with Crippen LogP contribution in [0.15, 0.2) is 28.9 Å². The van der Waals surface area contributed by atoms with Crippen molar-refractivity contribution < 1.29 is 27.1 Å². The molecule has 0 aliphatic carbocycles. The normalized spacial score (nSPS) is 11.2. The molecule has 112 valence electrons. The first kappa shape index (κ1) is 14.8. The molecule has 1 N–H and O–H groups in total. The van der Waals surface area contributed by atoms with Crippen molar-refractivity contribution in [3.8, 4) is 0 Å². The molecule has 2 rings (SSSR count). The van der Waals surface area contributed by atoms with Crippen molar-refractivity contribution in [2.75, 3.05) is 11.9 Å². The number of carbonyl (C=O) groups is 1. The van der Waals surface area contributed by atoms with E-state index in [0.29, 0.717) is 6.20 Å². The number of rotatable bonds is 4. The van der Waals surface area contributed by atoms with E-state index in [2.05, 4.69) is 15.3 Å². The number of carbonyl (C=O) groups excluding carboxylic acids is 1. The fourth-order valence-electron chi connectivity index (χ4n) is 1.37. The maximum Gasteiger partial charge on any atom is 0.417 e. The smallest absolute Gasteiger partial charge is 0.417 e. The summed E-state index contributed by atoms with van der Waals surface area (Å²) in [4.78, 5) is 18.7. The summed E-state index contributed by atoms with van der Waals surface area (Å²) >= 11 is 0. The standard InChI is InChI=1S/C12H10F3N3O3/c1-2-20-10(19)8-6-17-11(21-8)18-9-4-3-7(5-16-9)12(13,14)15/h3-6H,2H2,1H3,(H,16,17,18). The van der Waals surface area contributed by atoms with Crippen LogP contribution in [-0.4, -0.2) is 22.5 Å². The van der Waals surface area contributed by atoms with Gasteiger partial charge in [0.1, 0.15) is 5.82 Å². The quantitative estimate of drug-likeness (QED) is 0.875. The van der Waals surface area contributed by atoms with Crippen molar-refractivity contribution in [3.05, 3.63) is 35.9 Å². The number of oxazole rings is 1. The maximum absolute atomic E-state index is 12.4. The Balaban J connectivity index is 2.07. The average molecular weight is 301 g/mol. The topological polar surface area (TPSA) is 77.2 Å². The third-order valence-corrected chi connectivity index (χ3v) is 2.31. The number of pyridine rings is 1. The minimum Gasteiger partial charge on any atom is -0.460 e. The van der Waals surface area contributed by atoms with Gasteiger partial charge in [0, 0.05) is 6.20 Å². The molecule has 0 saturated heterocycles. The number of ether oxygens (including phenoxy) is 1. The molecule has 0 spiro atoms. The summed E-state index contributed by atoms with van der Waals surface area (Å²) in [5.74, 6) is -0.704. The molecule has 0 radical (unpaired) electrons. The number of halogens is 3. The van der Waals surface area contributed by atoms with Crippen LogP contribution in [0, 0.1) is 0 Å². The fourth-order valence-corrected chi connectivity index (χ4v) is 1.37. The first-order chi connectivity index (χ1) is 9.90. The van der Waals surface area contributed by atoms with Crippen LogP contribution in [0.2, 0.25) is 0 Å². The van der Waals surface area contributed by atoms with E-state index in [1.54, 1.807) is 6.92 Å². The molecule has 2 aromatic rings. The minimum absolute atomic E-state index is 0.0784. The number of nitrogens with zero attached hydrogens (tertiary/aromatic N) is 2. The number of esters is 1. The number of hydrogen-bond donors (Lipinski definition) is 1. The Kier molecular flexibility index (Phi) is 4.10. The zero-order valence-electron chi connectivity index (χ0n) is 10.8. The first-order valence-corrected chi connectivity index (χ1v) is 5.83. The lowest BCUT2D eigenvalue weighted by Gasteiger charge is -2.06. The molecule has 0 aliphatic rings. The van der Waals surface area contributed by atoms with Gasteiger partial charge in [-0.15, -0.1) is 0 Å². The summed E-state index contributed by atoms with van der Waals surface area (Å²) in [6.45, 7) is 1.82. The average Bonchev–Trinajstić information content (AvgIpc) is 2.87. The van der Waals surface area contributed by atoms with E-state index in [-0.39, 0.29) is 24.2 Å². The lowest BCUT2D eigenvalue weighted by atomic mass is 10.3. The van der Waals surface area contributed by atoms with Crippen molar-refractivity contribution in [2.24, 2.45) is 0 Å². The lowest BCUT2D eigenvalue weighted by molar-refractivity contribution is -0.137. The van der Waals surface area contributed by atoms with E-state index in [9.17, 15) is 18.0 Å². The van der Waals surface area contributed by atoms with Crippen molar-refractivity contribution in [3.63, 3.8) is 0 Å². The van der Waals surface area contributed by atoms with E-state index in [0.717, 1.165) is 18.3 Å². The Labute approximate surface area is 117 Å². The summed E-state index contributed by atoms with van der Waals surface area (Å²) in [5, 5.41) is 2.54. The number of nitrogens with one attached hydrogen (secondary N) is 1. The highest BCUT2D eigenvalue weighted by Crippen LogP contribution is 2.29. The van der Waals surface area contributed by atoms with Crippen molar-refractivity contribution in [1.82, 2.24) is 9.97 Å². The van der Waals surface area contributed by atoms with Gasteiger partial charge in [0.25, 0.3) is 0 Å². The second kappa shape index (κ2) is 5.81. The van der Waals surface area contributed by atoms with Crippen molar-refractivity contribution in [2.45, 2.75) is 13.1 Å². The second-order valence-electron chi connectivity index (χ2n) is 3.81. The predicted molar refractivity (Wildman–Crippen MR) is 65.0 cm³/mol. The molecule has 0 aromatic carbocycles. The number of hydrogen-bond acceptors (Lipinski definition) is 6. The van der Waals surface area contributed by atoms with Crippen LogP contribution in [-0.2, 0) is 10.9 Å². The highest BCUT2D eigenvalue weighted by atomic mass is 19.4. The minimum atomic E-state index is -4.45. The van der Waals surface area contributed by atoms with Crippen LogP contribution < -0.4 is 5.32 Å². The monoisotopic (exact) mass is 301 g/mol. The molecule has 0 atom stereocenters. The van der Waals surface area contributed by atoms with Gasteiger partial charge in [-0.2, -0.15) is 13.2 Å². The predicted octanol–water partition coefficient (Wildman–Crippen LogP) is 3.01. The van der Waals surface area contributed by atoms with Gasteiger partial charge in [0.15, 0.2) is 0 Å². The molecule has 9 heteroatoms. The van der Waals surface area contributed by atoms with Gasteiger partial charge in [-0.05, 0) is 19.1 Å². The van der Waals surface area contributed by atoms with Gasteiger partial charge >= 0.3 is 18.2 Å². The Morgan fingerprint density at radius 1 is 1.33 bits per heavy atom. The van der Waals surface area contributed by atoms with Gasteiger partial charge in [-0.25, -0.2) is 14.8 Å².